The summed E-state index contributed by atoms with van der Waals surface area (Å²) in [5.41, 5.74) is 6.19. The number of rotatable bonds is 7. The van der Waals surface area contributed by atoms with Crippen LogP contribution in [0.15, 0.2) is 60.7 Å². The van der Waals surface area contributed by atoms with Gasteiger partial charge in [0.2, 0.25) is 0 Å². The predicted octanol–water partition coefficient (Wildman–Crippen LogP) is 6.37. The lowest BCUT2D eigenvalue weighted by Gasteiger charge is -2.30. The Morgan fingerprint density at radius 3 is 2.16 bits per heavy atom. The van der Waals surface area contributed by atoms with Crippen LogP contribution in [0.25, 0.3) is 0 Å². The average Bonchev–Trinajstić information content (AvgIpc) is 2.78. The summed E-state index contributed by atoms with van der Waals surface area (Å²) in [5, 5.41) is 7.77. The van der Waals surface area contributed by atoms with Gasteiger partial charge in [0.1, 0.15) is 5.75 Å². The molecule has 162 valence electrons. The van der Waals surface area contributed by atoms with Crippen LogP contribution < -0.4 is 20.3 Å². The molecule has 3 aromatic rings. The number of aryl methyl sites for hydroxylation is 1. The van der Waals surface area contributed by atoms with E-state index >= 15 is 0 Å². The van der Waals surface area contributed by atoms with Gasteiger partial charge < -0.3 is 25.0 Å². The van der Waals surface area contributed by atoms with Crippen molar-refractivity contribution in [3.63, 3.8) is 0 Å². The molecule has 0 spiro atoms. The van der Waals surface area contributed by atoms with E-state index in [4.69, 9.17) is 21.1 Å². The summed E-state index contributed by atoms with van der Waals surface area (Å²) >= 11 is 6.32. The van der Waals surface area contributed by atoms with Crippen LogP contribution in [0, 0.1) is 6.92 Å². The fraction of sp³-hybridized carbons (Fsp3) is 0.280. The lowest BCUT2D eigenvalue weighted by atomic mass is 10.1. The number of hydrogen-bond donors (Lipinski definition) is 2. The Hall–Kier alpha value is -2.89. The molecule has 0 atom stereocenters. The molecule has 0 amide bonds. The average molecular weight is 438 g/mol. The highest BCUT2D eigenvalue weighted by molar-refractivity contribution is 6.31. The van der Waals surface area contributed by atoms with Gasteiger partial charge >= 0.3 is 0 Å². The van der Waals surface area contributed by atoms with Gasteiger partial charge in [-0.2, -0.15) is 0 Å². The summed E-state index contributed by atoms with van der Waals surface area (Å²) in [5.74, 6) is 0.869. The molecular weight excluding hydrogens is 410 g/mol. The second-order valence-electron chi connectivity index (χ2n) is 7.54. The Morgan fingerprint density at radius 1 is 0.871 bits per heavy atom. The molecule has 0 unspecified atom stereocenters. The zero-order valence-corrected chi connectivity index (χ0v) is 18.7. The van der Waals surface area contributed by atoms with E-state index in [0.29, 0.717) is 6.61 Å². The second-order valence-corrected chi connectivity index (χ2v) is 7.95. The minimum absolute atomic E-state index is 0.659. The molecule has 1 aliphatic rings. The summed E-state index contributed by atoms with van der Waals surface area (Å²) in [6.45, 7) is 7.89. The molecule has 5 nitrogen and oxygen atoms in total. The van der Waals surface area contributed by atoms with Crippen molar-refractivity contribution in [3.8, 4) is 5.75 Å². The Labute approximate surface area is 188 Å². The zero-order chi connectivity index (χ0) is 21.6. The van der Waals surface area contributed by atoms with Crippen LogP contribution in [-0.4, -0.2) is 32.9 Å². The molecule has 1 fully saturated rings. The lowest BCUT2D eigenvalue weighted by molar-refractivity contribution is 0.122. The Bertz CT molecular complexity index is 1020. The third-order valence-corrected chi connectivity index (χ3v) is 5.62. The van der Waals surface area contributed by atoms with E-state index in [2.05, 4.69) is 33.7 Å². The third kappa shape index (κ3) is 5.63. The fourth-order valence-corrected chi connectivity index (χ4v) is 3.75. The van der Waals surface area contributed by atoms with Crippen LogP contribution >= 0.6 is 11.6 Å². The maximum atomic E-state index is 6.32. The number of benzene rings is 3. The van der Waals surface area contributed by atoms with Gasteiger partial charge in [-0.15, -0.1) is 0 Å². The number of anilines is 5. The van der Waals surface area contributed by atoms with Gasteiger partial charge in [0.15, 0.2) is 0 Å². The molecule has 0 aromatic heterocycles. The highest BCUT2D eigenvalue weighted by atomic mass is 35.5. The van der Waals surface area contributed by atoms with Crippen LogP contribution in [0.4, 0.5) is 28.4 Å². The normalized spacial score (nSPS) is 13.7. The predicted molar refractivity (Wildman–Crippen MR) is 130 cm³/mol. The topological polar surface area (TPSA) is 45.8 Å². The first-order chi connectivity index (χ1) is 15.1. The maximum absolute atomic E-state index is 6.32. The van der Waals surface area contributed by atoms with Crippen molar-refractivity contribution in [1.29, 1.82) is 0 Å². The molecule has 0 bridgehead atoms. The molecule has 1 aliphatic heterocycles. The first-order valence-corrected chi connectivity index (χ1v) is 11.0. The standard InChI is InChI=1S/C25H28ClN3O2/c1-3-31-24-8-6-19(7-9-24)27-21-14-22(28-20-5-4-18(2)25(26)17-20)16-23(15-21)29-10-12-30-13-11-29/h4-9,14-17,27-28H,3,10-13H2,1-2H3. The van der Waals surface area contributed by atoms with Crippen LogP contribution in [0.5, 0.6) is 5.75 Å². The number of morpholine rings is 1. The quantitative estimate of drug-likeness (QED) is 0.449. The Kier molecular flexibility index (Phi) is 6.85. The smallest absolute Gasteiger partial charge is 0.119 e. The van der Waals surface area contributed by atoms with E-state index in [-0.39, 0.29) is 0 Å². The van der Waals surface area contributed by atoms with Crippen molar-refractivity contribution >= 4 is 40.0 Å². The first kappa shape index (κ1) is 21.3. The number of halogens is 1. The molecule has 0 aliphatic carbocycles. The van der Waals surface area contributed by atoms with Gasteiger partial charge in [-0.05, 0) is 74.0 Å². The molecular formula is C25H28ClN3O2. The molecule has 6 heteroatoms. The monoisotopic (exact) mass is 437 g/mol. The van der Waals surface area contributed by atoms with E-state index in [9.17, 15) is 0 Å². The van der Waals surface area contributed by atoms with Crippen LogP contribution in [-0.2, 0) is 4.74 Å². The van der Waals surface area contributed by atoms with Gasteiger partial charge in [-0.25, -0.2) is 0 Å². The van der Waals surface area contributed by atoms with E-state index in [1.807, 2.05) is 56.3 Å². The summed E-state index contributed by atoms with van der Waals surface area (Å²) in [4.78, 5) is 2.35. The van der Waals surface area contributed by atoms with Crippen molar-refractivity contribution in [3.05, 3.63) is 71.2 Å². The highest BCUT2D eigenvalue weighted by Crippen LogP contribution is 2.31. The minimum atomic E-state index is 0.659. The third-order valence-electron chi connectivity index (χ3n) is 5.21. The number of nitrogens with one attached hydrogen (secondary N) is 2. The minimum Gasteiger partial charge on any atom is -0.494 e. The molecule has 31 heavy (non-hydrogen) atoms. The molecule has 1 saturated heterocycles. The summed E-state index contributed by atoms with van der Waals surface area (Å²) < 4.78 is 11.1. The number of ether oxygens (including phenoxy) is 2. The van der Waals surface area contributed by atoms with Crippen LogP contribution in [0.2, 0.25) is 5.02 Å². The van der Waals surface area contributed by atoms with E-state index in [1.165, 1.54) is 0 Å². The number of hydrogen-bond acceptors (Lipinski definition) is 5. The molecule has 4 rings (SSSR count). The Morgan fingerprint density at radius 2 is 1.52 bits per heavy atom. The van der Waals surface area contributed by atoms with Gasteiger partial charge in [-0.3, -0.25) is 0 Å². The second kappa shape index (κ2) is 9.94. The van der Waals surface area contributed by atoms with Gasteiger partial charge in [0.05, 0.1) is 19.8 Å². The van der Waals surface area contributed by atoms with Crippen molar-refractivity contribution < 1.29 is 9.47 Å². The number of nitrogens with zero attached hydrogens (tertiary/aromatic N) is 1. The molecule has 3 aromatic carbocycles. The maximum Gasteiger partial charge on any atom is 0.119 e. The summed E-state index contributed by atoms with van der Waals surface area (Å²) in [7, 11) is 0. The summed E-state index contributed by atoms with van der Waals surface area (Å²) in [6.07, 6.45) is 0. The van der Waals surface area contributed by atoms with Crippen molar-refractivity contribution in [1.82, 2.24) is 0 Å². The van der Waals surface area contributed by atoms with Crippen LogP contribution in [0.3, 0.4) is 0 Å². The molecule has 0 saturated carbocycles. The largest absolute Gasteiger partial charge is 0.494 e. The van der Waals surface area contributed by atoms with Crippen LogP contribution in [0.1, 0.15) is 12.5 Å². The van der Waals surface area contributed by atoms with Gasteiger partial charge in [-0.1, -0.05) is 17.7 Å². The fourth-order valence-electron chi connectivity index (χ4n) is 3.56. The van der Waals surface area contributed by atoms with E-state index in [0.717, 1.165) is 71.1 Å². The summed E-state index contributed by atoms with van der Waals surface area (Å²) in [6, 6.07) is 20.5. The molecule has 2 N–H and O–H groups in total. The van der Waals surface area contributed by atoms with Crippen molar-refractivity contribution in [2.24, 2.45) is 0 Å². The Balaban J connectivity index is 1.61. The van der Waals surface area contributed by atoms with Gasteiger partial charge in [0, 0.05) is 46.5 Å². The lowest BCUT2D eigenvalue weighted by Crippen LogP contribution is -2.36. The first-order valence-electron chi connectivity index (χ1n) is 10.6. The molecule has 0 radical (unpaired) electrons. The van der Waals surface area contributed by atoms with Gasteiger partial charge in [0.25, 0.3) is 0 Å². The van der Waals surface area contributed by atoms with Crippen molar-refractivity contribution in [2.45, 2.75) is 13.8 Å². The van der Waals surface area contributed by atoms with Crippen molar-refractivity contribution in [2.75, 3.05) is 48.4 Å². The highest BCUT2D eigenvalue weighted by Gasteiger charge is 2.13. The van der Waals surface area contributed by atoms with E-state index < -0.39 is 0 Å². The SMILES string of the molecule is CCOc1ccc(Nc2cc(Nc3ccc(C)c(Cl)c3)cc(N3CCOCC3)c2)cc1. The van der Waals surface area contributed by atoms with E-state index in [1.54, 1.807) is 0 Å². The zero-order valence-electron chi connectivity index (χ0n) is 18.0. The molecule has 1 heterocycles.